The summed E-state index contributed by atoms with van der Waals surface area (Å²) in [6.07, 6.45) is 3.65. The minimum atomic E-state index is 0.288. The number of benzene rings is 1. The van der Waals surface area contributed by atoms with E-state index < -0.39 is 0 Å². The van der Waals surface area contributed by atoms with E-state index in [2.05, 4.69) is 15.3 Å². The summed E-state index contributed by atoms with van der Waals surface area (Å²) in [5, 5.41) is 4.42. The maximum absolute atomic E-state index is 5.37. The number of nitrogens with zero attached hydrogens (tertiary/aromatic N) is 1. The van der Waals surface area contributed by atoms with Crippen LogP contribution in [0.5, 0.6) is 11.5 Å². The molecule has 5 nitrogen and oxygen atoms in total. The van der Waals surface area contributed by atoms with Gasteiger partial charge in [0.15, 0.2) is 11.5 Å². The molecule has 0 bridgehead atoms. The average Bonchev–Trinajstić information content (AvgIpc) is 3.06. The maximum Gasteiger partial charge on any atom is 0.231 e. The molecule has 0 fully saturated rings. The molecule has 94 valence electrons. The highest BCUT2D eigenvalue weighted by Crippen LogP contribution is 2.35. The maximum atomic E-state index is 5.37. The number of ether oxygens (including phenoxy) is 2. The monoisotopic (exact) mass is 253 g/mol. The number of fused-ring (bicyclic) bond motifs is 2. The summed E-state index contributed by atoms with van der Waals surface area (Å²) in [5.41, 5.74) is 2.83. The van der Waals surface area contributed by atoms with Crippen molar-refractivity contribution in [3.63, 3.8) is 0 Å². The average molecular weight is 253 g/mol. The van der Waals surface area contributed by atoms with Gasteiger partial charge in [-0.15, -0.1) is 0 Å². The van der Waals surface area contributed by atoms with Gasteiger partial charge in [0.05, 0.1) is 5.69 Å². The van der Waals surface area contributed by atoms with Crippen LogP contribution in [-0.2, 0) is 0 Å². The van der Waals surface area contributed by atoms with Crippen molar-refractivity contribution in [2.24, 2.45) is 0 Å². The molecule has 0 saturated heterocycles. The number of aromatic amines is 1. The van der Waals surface area contributed by atoms with Crippen LogP contribution in [0.1, 0.15) is 0 Å². The third-order valence-corrected chi connectivity index (χ3v) is 3.11. The lowest BCUT2D eigenvalue weighted by Crippen LogP contribution is -1.93. The van der Waals surface area contributed by atoms with Crippen LogP contribution in [0.4, 0.5) is 11.4 Å². The molecular weight excluding hydrogens is 242 g/mol. The van der Waals surface area contributed by atoms with Gasteiger partial charge < -0.3 is 19.8 Å². The molecule has 2 N–H and O–H groups in total. The van der Waals surface area contributed by atoms with Gasteiger partial charge in [0.2, 0.25) is 6.79 Å². The molecule has 0 unspecified atom stereocenters. The van der Waals surface area contributed by atoms with Crippen molar-refractivity contribution < 1.29 is 9.47 Å². The second-order valence-electron chi connectivity index (χ2n) is 4.29. The molecule has 5 heteroatoms. The number of anilines is 2. The van der Waals surface area contributed by atoms with Crippen molar-refractivity contribution in [2.75, 3.05) is 12.1 Å². The highest BCUT2D eigenvalue weighted by atomic mass is 16.7. The zero-order valence-corrected chi connectivity index (χ0v) is 10.0. The molecule has 1 aliphatic rings. The lowest BCUT2D eigenvalue weighted by molar-refractivity contribution is 0.174. The first-order chi connectivity index (χ1) is 9.40. The van der Waals surface area contributed by atoms with Gasteiger partial charge in [0.25, 0.3) is 0 Å². The fraction of sp³-hybridized carbons (Fsp3) is 0.0714. The van der Waals surface area contributed by atoms with E-state index in [0.29, 0.717) is 0 Å². The third kappa shape index (κ3) is 1.67. The molecule has 1 aliphatic heterocycles. The van der Waals surface area contributed by atoms with Crippen molar-refractivity contribution in [1.82, 2.24) is 9.97 Å². The van der Waals surface area contributed by atoms with Crippen LogP contribution in [0.2, 0.25) is 0 Å². The molecule has 4 rings (SSSR count). The minimum Gasteiger partial charge on any atom is -0.454 e. The Morgan fingerprint density at radius 1 is 1.11 bits per heavy atom. The molecule has 1 aromatic carbocycles. The number of H-pyrrole nitrogens is 1. The first-order valence-electron chi connectivity index (χ1n) is 5.99. The SMILES string of the molecule is c1cc(Nc2ccc3c(c2)OCO3)c2cc[nH]c2n1. The first-order valence-corrected chi connectivity index (χ1v) is 5.99. The Bertz CT molecular complexity index is 751. The van der Waals surface area contributed by atoms with Crippen molar-refractivity contribution >= 4 is 22.4 Å². The second-order valence-corrected chi connectivity index (χ2v) is 4.29. The molecule has 3 aromatic rings. The molecule has 0 saturated carbocycles. The molecule has 2 aromatic heterocycles. The summed E-state index contributed by atoms with van der Waals surface area (Å²) in [6.45, 7) is 0.288. The van der Waals surface area contributed by atoms with Crippen LogP contribution in [0, 0.1) is 0 Å². The van der Waals surface area contributed by atoms with Crippen molar-refractivity contribution in [3.05, 3.63) is 42.7 Å². The van der Waals surface area contributed by atoms with E-state index in [1.165, 1.54) is 0 Å². The van der Waals surface area contributed by atoms with Crippen LogP contribution >= 0.6 is 0 Å². The Morgan fingerprint density at radius 2 is 2.05 bits per heavy atom. The number of nitrogens with one attached hydrogen (secondary N) is 2. The molecule has 0 spiro atoms. The number of pyridine rings is 1. The van der Waals surface area contributed by atoms with E-state index in [4.69, 9.17) is 9.47 Å². The topological polar surface area (TPSA) is 59.2 Å². The van der Waals surface area contributed by atoms with Crippen LogP contribution in [0.25, 0.3) is 11.0 Å². The quantitative estimate of drug-likeness (QED) is 0.737. The van der Waals surface area contributed by atoms with Gasteiger partial charge in [-0.1, -0.05) is 0 Å². The first kappa shape index (κ1) is 10.3. The van der Waals surface area contributed by atoms with E-state index in [0.717, 1.165) is 33.9 Å². The molecule has 0 amide bonds. The van der Waals surface area contributed by atoms with Crippen LogP contribution in [0.3, 0.4) is 0 Å². The third-order valence-electron chi connectivity index (χ3n) is 3.11. The highest BCUT2D eigenvalue weighted by molar-refractivity contribution is 5.91. The number of hydrogen-bond donors (Lipinski definition) is 2. The van der Waals surface area contributed by atoms with Gasteiger partial charge in [-0.3, -0.25) is 0 Å². The Hall–Kier alpha value is -2.69. The van der Waals surface area contributed by atoms with E-state index >= 15 is 0 Å². The lowest BCUT2D eigenvalue weighted by Gasteiger charge is -2.08. The summed E-state index contributed by atoms with van der Waals surface area (Å²) in [7, 11) is 0. The van der Waals surface area contributed by atoms with Gasteiger partial charge in [-0.2, -0.15) is 0 Å². The fourth-order valence-electron chi connectivity index (χ4n) is 2.20. The van der Waals surface area contributed by atoms with Gasteiger partial charge in [-0.25, -0.2) is 4.98 Å². The Labute approximate surface area is 109 Å². The summed E-state index contributed by atoms with van der Waals surface area (Å²) < 4.78 is 10.7. The van der Waals surface area contributed by atoms with E-state index in [-0.39, 0.29) is 6.79 Å². The number of hydrogen-bond acceptors (Lipinski definition) is 4. The largest absolute Gasteiger partial charge is 0.454 e. The minimum absolute atomic E-state index is 0.288. The van der Waals surface area contributed by atoms with Gasteiger partial charge in [0.1, 0.15) is 5.65 Å². The molecule has 0 radical (unpaired) electrons. The van der Waals surface area contributed by atoms with Gasteiger partial charge in [0, 0.05) is 29.5 Å². The molecule has 3 heterocycles. The number of rotatable bonds is 2. The molecule has 0 aliphatic carbocycles. The van der Waals surface area contributed by atoms with E-state index in [1.807, 2.05) is 36.5 Å². The van der Waals surface area contributed by atoms with Crippen LogP contribution in [0.15, 0.2) is 42.7 Å². The Balaban J connectivity index is 1.73. The second kappa shape index (κ2) is 3.91. The zero-order chi connectivity index (χ0) is 12.7. The van der Waals surface area contributed by atoms with Crippen LogP contribution in [-0.4, -0.2) is 16.8 Å². The molecular formula is C14H11N3O2. The van der Waals surface area contributed by atoms with Crippen LogP contribution < -0.4 is 14.8 Å². The lowest BCUT2D eigenvalue weighted by atomic mass is 10.2. The van der Waals surface area contributed by atoms with E-state index in [1.54, 1.807) is 6.20 Å². The van der Waals surface area contributed by atoms with Crippen molar-refractivity contribution in [3.8, 4) is 11.5 Å². The van der Waals surface area contributed by atoms with Crippen molar-refractivity contribution in [2.45, 2.75) is 0 Å². The molecule has 0 atom stereocenters. The van der Waals surface area contributed by atoms with Gasteiger partial charge in [-0.05, 0) is 24.3 Å². The molecule has 19 heavy (non-hydrogen) atoms. The summed E-state index contributed by atoms with van der Waals surface area (Å²) in [5.74, 6) is 1.55. The highest BCUT2D eigenvalue weighted by Gasteiger charge is 2.13. The predicted octanol–water partition coefficient (Wildman–Crippen LogP) is 3.04. The predicted molar refractivity (Wildman–Crippen MR) is 71.9 cm³/mol. The summed E-state index contributed by atoms with van der Waals surface area (Å²) in [4.78, 5) is 7.35. The van der Waals surface area contributed by atoms with Crippen molar-refractivity contribution in [1.29, 1.82) is 0 Å². The fourth-order valence-corrected chi connectivity index (χ4v) is 2.20. The normalized spacial score (nSPS) is 12.8. The zero-order valence-electron chi connectivity index (χ0n) is 10.0. The summed E-state index contributed by atoms with van der Waals surface area (Å²) in [6, 6.07) is 9.74. The Kier molecular flexibility index (Phi) is 2.11. The summed E-state index contributed by atoms with van der Waals surface area (Å²) >= 11 is 0. The standard InChI is InChI=1S/C14H11N3O2/c1-2-12-13(19-8-18-12)7-9(1)17-11-4-6-16-14-10(11)3-5-15-14/h1-7H,8H2,(H2,15,16,17). The van der Waals surface area contributed by atoms with E-state index in [9.17, 15) is 0 Å². The smallest absolute Gasteiger partial charge is 0.231 e. The Morgan fingerprint density at radius 3 is 3.05 bits per heavy atom. The number of aromatic nitrogens is 2. The van der Waals surface area contributed by atoms with Gasteiger partial charge >= 0.3 is 0 Å².